The molecule has 0 bridgehead atoms. The fourth-order valence-corrected chi connectivity index (χ4v) is 1.86. The molecule has 1 amide bonds. The molecular formula is C15H25N3O2. The molecule has 0 aliphatic carbocycles. The Morgan fingerprint density at radius 3 is 2.90 bits per heavy atom. The van der Waals surface area contributed by atoms with E-state index in [-0.39, 0.29) is 12.5 Å². The lowest BCUT2D eigenvalue weighted by Crippen LogP contribution is -2.28. The SMILES string of the molecule is CCCNc1ccnc(C(=O)N(C)CCCCCO)c1. The lowest BCUT2D eigenvalue weighted by molar-refractivity contribution is 0.0786. The van der Waals surface area contributed by atoms with Crippen LogP contribution in [0.25, 0.3) is 0 Å². The van der Waals surface area contributed by atoms with Gasteiger partial charge < -0.3 is 15.3 Å². The first-order valence-corrected chi connectivity index (χ1v) is 7.25. The number of nitrogens with one attached hydrogen (secondary N) is 1. The number of anilines is 1. The van der Waals surface area contributed by atoms with Gasteiger partial charge in [-0.15, -0.1) is 0 Å². The fourth-order valence-electron chi connectivity index (χ4n) is 1.86. The van der Waals surface area contributed by atoms with Crippen molar-refractivity contribution in [3.63, 3.8) is 0 Å². The molecule has 5 heteroatoms. The van der Waals surface area contributed by atoms with Gasteiger partial charge >= 0.3 is 0 Å². The first-order valence-electron chi connectivity index (χ1n) is 7.25. The van der Waals surface area contributed by atoms with Gasteiger partial charge in [0.1, 0.15) is 5.69 Å². The van der Waals surface area contributed by atoms with Gasteiger partial charge in [-0.25, -0.2) is 0 Å². The van der Waals surface area contributed by atoms with E-state index in [1.54, 1.807) is 24.2 Å². The fraction of sp³-hybridized carbons (Fsp3) is 0.600. The number of hydrogen-bond acceptors (Lipinski definition) is 4. The minimum atomic E-state index is -0.0610. The lowest BCUT2D eigenvalue weighted by atomic mass is 10.2. The molecule has 1 aromatic rings. The molecule has 5 nitrogen and oxygen atoms in total. The summed E-state index contributed by atoms with van der Waals surface area (Å²) in [4.78, 5) is 18.0. The molecule has 1 rings (SSSR count). The van der Waals surface area contributed by atoms with Crippen LogP contribution in [-0.4, -0.2) is 47.6 Å². The van der Waals surface area contributed by atoms with Crippen LogP contribution < -0.4 is 5.32 Å². The van der Waals surface area contributed by atoms with Gasteiger partial charge in [0.05, 0.1) is 0 Å². The van der Waals surface area contributed by atoms with Gasteiger partial charge in [0, 0.05) is 38.6 Å². The lowest BCUT2D eigenvalue weighted by Gasteiger charge is -2.17. The minimum absolute atomic E-state index is 0.0610. The minimum Gasteiger partial charge on any atom is -0.396 e. The Balaban J connectivity index is 2.52. The number of rotatable bonds is 9. The molecule has 112 valence electrons. The summed E-state index contributed by atoms with van der Waals surface area (Å²) in [5, 5.41) is 12.0. The number of aromatic nitrogens is 1. The number of pyridine rings is 1. The van der Waals surface area contributed by atoms with E-state index in [4.69, 9.17) is 5.11 Å². The molecule has 0 aromatic carbocycles. The Labute approximate surface area is 121 Å². The highest BCUT2D eigenvalue weighted by molar-refractivity contribution is 5.92. The van der Waals surface area contributed by atoms with Crippen LogP contribution >= 0.6 is 0 Å². The maximum absolute atomic E-state index is 12.2. The largest absolute Gasteiger partial charge is 0.396 e. The highest BCUT2D eigenvalue weighted by atomic mass is 16.2. The zero-order chi connectivity index (χ0) is 14.8. The van der Waals surface area contributed by atoms with Crippen molar-refractivity contribution in [3.05, 3.63) is 24.0 Å². The molecule has 0 aliphatic rings. The zero-order valence-corrected chi connectivity index (χ0v) is 12.4. The van der Waals surface area contributed by atoms with E-state index < -0.39 is 0 Å². The van der Waals surface area contributed by atoms with Gasteiger partial charge in [0.15, 0.2) is 0 Å². The van der Waals surface area contributed by atoms with Gasteiger partial charge in [-0.3, -0.25) is 9.78 Å². The summed E-state index contributed by atoms with van der Waals surface area (Å²) in [6, 6.07) is 3.66. The summed E-state index contributed by atoms with van der Waals surface area (Å²) < 4.78 is 0. The maximum Gasteiger partial charge on any atom is 0.272 e. The number of carbonyl (C=O) groups is 1. The van der Waals surface area contributed by atoms with E-state index >= 15 is 0 Å². The third-order valence-electron chi connectivity index (χ3n) is 3.06. The zero-order valence-electron chi connectivity index (χ0n) is 12.4. The smallest absolute Gasteiger partial charge is 0.272 e. The quantitative estimate of drug-likeness (QED) is 0.680. The van der Waals surface area contributed by atoms with Crippen molar-refractivity contribution in [2.45, 2.75) is 32.6 Å². The highest BCUT2D eigenvalue weighted by Gasteiger charge is 2.13. The second kappa shape index (κ2) is 9.31. The third-order valence-corrected chi connectivity index (χ3v) is 3.06. The number of unbranched alkanes of at least 4 members (excludes halogenated alkanes) is 2. The standard InChI is InChI=1S/C15H25N3O2/c1-3-8-16-13-7-9-17-14(12-13)15(20)18(2)10-5-4-6-11-19/h7,9,12,19H,3-6,8,10-11H2,1-2H3,(H,16,17). The number of aliphatic hydroxyl groups excluding tert-OH is 1. The van der Waals surface area contributed by atoms with Crippen molar-refractivity contribution in [2.24, 2.45) is 0 Å². The van der Waals surface area contributed by atoms with Crippen LogP contribution in [-0.2, 0) is 0 Å². The molecule has 0 spiro atoms. The van der Waals surface area contributed by atoms with E-state index in [1.807, 2.05) is 6.07 Å². The summed E-state index contributed by atoms with van der Waals surface area (Å²) in [5.41, 5.74) is 1.40. The number of amides is 1. The second-order valence-electron chi connectivity index (χ2n) is 4.87. The Hall–Kier alpha value is -1.62. The molecule has 1 aromatic heterocycles. The molecule has 0 saturated heterocycles. The van der Waals surface area contributed by atoms with Crippen LogP contribution in [0.15, 0.2) is 18.3 Å². The monoisotopic (exact) mass is 279 g/mol. The average molecular weight is 279 g/mol. The summed E-state index contributed by atoms with van der Waals surface area (Å²) in [7, 11) is 1.79. The maximum atomic E-state index is 12.2. The topological polar surface area (TPSA) is 65.5 Å². The molecule has 0 saturated carbocycles. The summed E-state index contributed by atoms with van der Waals surface area (Å²) in [6.45, 7) is 3.88. The van der Waals surface area contributed by atoms with E-state index in [1.165, 1.54) is 0 Å². The van der Waals surface area contributed by atoms with E-state index in [0.29, 0.717) is 12.2 Å². The summed E-state index contributed by atoms with van der Waals surface area (Å²) >= 11 is 0. The first-order chi connectivity index (χ1) is 9.69. The average Bonchev–Trinajstić information content (AvgIpc) is 2.48. The van der Waals surface area contributed by atoms with Gasteiger partial charge in [0.25, 0.3) is 5.91 Å². The Morgan fingerprint density at radius 1 is 1.40 bits per heavy atom. The van der Waals surface area contributed by atoms with Crippen molar-refractivity contribution in [3.8, 4) is 0 Å². The van der Waals surface area contributed by atoms with E-state index in [9.17, 15) is 4.79 Å². The molecule has 0 atom stereocenters. The number of carbonyl (C=O) groups excluding carboxylic acids is 1. The van der Waals surface area contributed by atoms with Crippen molar-refractivity contribution in [1.82, 2.24) is 9.88 Å². The first kappa shape index (κ1) is 16.4. The van der Waals surface area contributed by atoms with Crippen molar-refractivity contribution >= 4 is 11.6 Å². The summed E-state index contributed by atoms with van der Waals surface area (Å²) in [6.07, 6.45) is 5.31. The van der Waals surface area contributed by atoms with E-state index in [0.717, 1.165) is 37.9 Å². The molecule has 0 aliphatic heterocycles. The normalized spacial score (nSPS) is 10.3. The van der Waals surface area contributed by atoms with Crippen LogP contribution in [0.3, 0.4) is 0 Å². The number of hydrogen-bond donors (Lipinski definition) is 2. The van der Waals surface area contributed by atoms with Crippen molar-refractivity contribution < 1.29 is 9.90 Å². The molecule has 20 heavy (non-hydrogen) atoms. The number of nitrogens with zero attached hydrogens (tertiary/aromatic N) is 2. The molecule has 0 unspecified atom stereocenters. The molecule has 0 fully saturated rings. The van der Waals surface area contributed by atoms with Crippen LogP contribution in [0.4, 0.5) is 5.69 Å². The van der Waals surface area contributed by atoms with Gasteiger partial charge in [-0.1, -0.05) is 6.92 Å². The molecular weight excluding hydrogens is 254 g/mol. The van der Waals surface area contributed by atoms with Gasteiger partial charge in [0.2, 0.25) is 0 Å². The molecule has 2 N–H and O–H groups in total. The Kier molecular flexibility index (Phi) is 7.65. The Bertz CT molecular complexity index is 410. The van der Waals surface area contributed by atoms with Crippen molar-refractivity contribution in [1.29, 1.82) is 0 Å². The van der Waals surface area contributed by atoms with Crippen LogP contribution in [0.5, 0.6) is 0 Å². The predicted octanol–water partition coefficient (Wildman–Crippen LogP) is 2.14. The predicted molar refractivity (Wildman–Crippen MR) is 80.9 cm³/mol. The second-order valence-corrected chi connectivity index (χ2v) is 4.87. The molecule has 1 heterocycles. The van der Waals surface area contributed by atoms with Crippen LogP contribution in [0, 0.1) is 0 Å². The van der Waals surface area contributed by atoms with Crippen molar-refractivity contribution in [2.75, 3.05) is 32.1 Å². The van der Waals surface area contributed by atoms with Gasteiger partial charge in [-0.2, -0.15) is 0 Å². The number of aliphatic hydroxyl groups is 1. The van der Waals surface area contributed by atoms with Gasteiger partial charge in [-0.05, 0) is 37.8 Å². The van der Waals surface area contributed by atoms with Crippen LogP contribution in [0.1, 0.15) is 43.1 Å². The van der Waals surface area contributed by atoms with Crippen LogP contribution in [0.2, 0.25) is 0 Å². The highest BCUT2D eigenvalue weighted by Crippen LogP contribution is 2.10. The third kappa shape index (κ3) is 5.57. The Morgan fingerprint density at radius 2 is 2.20 bits per heavy atom. The summed E-state index contributed by atoms with van der Waals surface area (Å²) in [5.74, 6) is -0.0610. The molecule has 0 radical (unpaired) electrons. The van der Waals surface area contributed by atoms with E-state index in [2.05, 4.69) is 17.2 Å².